The minimum Gasteiger partial charge on any atom is -0.351 e. The molecule has 0 unspecified atom stereocenters. The lowest BCUT2D eigenvalue weighted by Crippen LogP contribution is -2.39. The van der Waals surface area contributed by atoms with Crippen molar-refractivity contribution in [2.24, 2.45) is 0 Å². The maximum Gasteiger partial charge on any atom is 0.272 e. The van der Waals surface area contributed by atoms with Crippen LogP contribution in [0, 0.1) is 0 Å². The highest BCUT2D eigenvalue weighted by atomic mass is 16.2. The Kier molecular flexibility index (Phi) is 5.10. The van der Waals surface area contributed by atoms with Gasteiger partial charge < -0.3 is 14.8 Å². The molecule has 144 valence electrons. The summed E-state index contributed by atoms with van der Waals surface area (Å²) >= 11 is 0. The summed E-state index contributed by atoms with van der Waals surface area (Å²) < 4.78 is 2.17. The monoisotopic (exact) mass is 376 g/mol. The number of carbonyl (C=O) groups excluding carboxylic acids is 2. The number of hydrogen-bond acceptors (Lipinski definition) is 3. The van der Waals surface area contributed by atoms with Gasteiger partial charge in [-0.1, -0.05) is 24.3 Å². The molecule has 1 atom stereocenters. The molecule has 6 heteroatoms. The molecule has 1 fully saturated rings. The topological polar surface area (TPSA) is 67.2 Å². The molecule has 1 aromatic carbocycles. The molecule has 3 aromatic rings. The third-order valence-corrected chi connectivity index (χ3v) is 5.29. The Morgan fingerprint density at radius 3 is 2.79 bits per heavy atom. The van der Waals surface area contributed by atoms with Gasteiger partial charge in [-0.25, -0.2) is 0 Å². The predicted octanol–water partition coefficient (Wildman–Crippen LogP) is 2.63. The van der Waals surface area contributed by atoms with Gasteiger partial charge in [0, 0.05) is 49.0 Å². The zero-order valence-electron chi connectivity index (χ0n) is 16.0. The number of likely N-dealkylation sites (tertiary alicyclic amines) is 1. The van der Waals surface area contributed by atoms with Crippen molar-refractivity contribution in [2.75, 3.05) is 13.1 Å². The maximum absolute atomic E-state index is 12.6. The quantitative estimate of drug-likeness (QED) is 0.744. The number of aryl methyl sites for hydroxylation is 1. The lowest BCUT2D eigenvalue weighted by molar-refractivity contribution is -0.121. The molecular formula is C22H24N4O2. The predicted molar refractivity (Wildman–Crippen MR) is 108 cm³/mol. The molecule has 2 amide bonds. The summed E-state index contributed by atoms with van der Waals surface area (Å²) in [4.78, 5) is 31.0. The first kappa shape index (κ1) is 18.2. The molecule has 1 saturated heterocycles. The number of benzene rings is 1. The summed E-state index contributed by atoms with van der Waals surface area (Å²) in [5.74, 6) is -0.0838. The van der Waals surface area contributed by atoms with Crippen molar-refractivity contribution in [1.29, 1.82) is 0 Å². The van der Waals surface area contributed by atoms with Crippen LogP contribution < -0.4 is 5.32 Å². The zero-order valence-corrected chi connectivity index (χ0v) is 16.0. The highest BCUT2D eigenvalue weighted by molar-refractivity contribution is 5.92. The van der Waals surface area contributed by atoms with E-state index >= 15 is 0 Å². The molecule has 0 aliphatic carbocycles. The molecule has 0 saturated carbocycles. The summed E-state index contributed by atoms with van der Waals surface area (Å²) in [7, 11) is 0. The molecule has 4 rings (SSSR count). The van der Waals surface area contributed by atoms with E-state index in [2.05, 4.69) is 40.1 Å². The van der Waals surface area contributed by atoms with Gasteiger partial charge in [0.05, 0.1) is 6.42 Å². The number of pyridine rings is 1. The number of rotatable bonds is 5. The lowest BCUT2D eigenvalue weighted by atomic mass is 10.1. The maximum atomic E-state index is 12.6. The van der Waals surface area contributed by atoms with Crippen molar-refractivity contribution < 1.29 is 9.59 Å². The van der Waals surface area contributed by atoms with Crippen LogP contribution in [0.1, 0.15) is 29.4 Å². The summed E-state index contributed by atoms with van der Waals surface area (Å²) in [5, 5.41) is 4.22. The van der Waals surface area contributed by atoms with Crippen molar-refractivity contribution in [3.8, 4) is 0 Å². The van der Waals surface area contributed by atoms with Crippen LogP contribution in [0.2, 0.25) is 0 Å². The van der Waals surface area contributed by atoms with E-state index in [4.69, 9.17) is 0 Å². The fourth-order valence-electron chi connectivity index (χ4n) is 3.89. The average Bonchev–Trinajstić information content (AvgIpc) is 3.33. The fraction of sp³-hybridized carbons (Fsp3) is 0.318. The number of aromatic nitrogens is 2. The largest absolute Gasteiger partial charge is 0.351 e. The SMILES string of the molecule is CCn1cc(CC(=O)N[C@H]2CCN(C(=O)c3ccccn3)C2)c2ccccc21. The fourth-order valence-corrected chi connectivity index (χ4v) is 3.89. The summed E-state index contributed by atoms with van der Waals surface area (Å²) in [6.07, 6.45) is 4.80. The van der Waals surface area contributed by atoms with E-state index in [1.807, 2.05) is 18.2 Å². The van der Waals surface area contributed by atoms with E-state index in [9.17, 15) is 9.59 Å². The van der Waals surface area contributed by atoms with Gasteiger partial charge in [-0.3, -0.25) is 14.6 Å². The van der Waals surface area contributed by atoms with Crippen molar-refractivity contribution in [3.05, 3.63) is 66.1 Å². The van der Waals surface area contributed by atoms with E-state index < -0.39 is 0 Å². The minimum atomic E-state index is -0.0802. The van der Waals surface area contributed by atoms with Crippen molar-refractivity contribution in [3.63, 3.8) is 0 Å². The van der Waals surface area contributed by atoms with Gasteiger partial charge in [-0.15, -0.1) is 0 Å². The molecular weight excluding hydrogens is 352 g/mol. The van der Waals surface area contributed by atoms with Crippen LogP contribution in [-0.2, 0) is 17.8 Å². The number of carbonyl (C=O) groups is 2. The summed E-state index contributed by atoms with van der Waals surface area (Å²) in [5.41, 5.74) is 2.64. The van der Waals surface area contributed by atoms with Gasteiger partial charge in [-0.05, 0) is 37.1 Å². The number of hydrogen-bond donors (Lipinski definition) is 1. The summed E-state index contributed by atoms with van der Waals surface area (Å²) in [6.45, 7) is 4.13. The van der Waals surface area contributed by atoms with E-state index in [0.717, 1.165) is 29.4 Å². The van der Waals surface area contributed by atoms with Crippen LogP contribution in [0.4, 0.5) is 0 Å². The standard InChI is InChI=1S/C22H24N4O2/c1-2-25-14-16(18-7-3-4-9-20(18)25)13-21(27)24-17-10-12-26(15-17)22(28)19-8-5-6-11-23-19/h3-9,11,14,17H,2,10,12-13,15H2,1H3,(H,24,27)/t17-/m0/s1. The third-order valence-electron chi connectivity index (χ3n) is 5.29. The summed E-state index contributed by atoms with van der Waals surface area (Å²) in [6, 6.07) is 13.5. The molecule has 6 nitrogen and oxygen atoms in total. The van der Waals surface area contributed by atoms with Crippen molar-refractivity contribution in [2.45, 2.75) is 32.4 Å². The Balaban J connectivity index is 1.38. The van der Waals surface area contributed by atoms with Crippen LogP contribution in [0.5, 0.6) is 0 Å². The molecule has 1 N–H and O–H groups in total. The van der Waals surface area contributed by atoms with Gasteiger partial charge in [0.15, 0.2) is 0 Å². The molecule has 2 aromatic heterocycles. The number of amides is 2. The highest BCUT2D eigenvalue weighted by Gasteiger charge is 2.28. The zero-order chi connectivity index (χ0) is 19.5. The lowest BCUT2D eigenvalue weighted by Gasteiger charge is -2.16. The smallest absolute Gasteiger partial charge is 0.272 e. The Morgan fingerprint density at radius 2 is 2.00 bits per heavy atom. The molecule has 1 aliphatic rings. The second-order valence-corrected chi connectivity index (χ2v) is 7.15. The molecule has 0 spiro atoms. The van der Waals surface area contributed by atoms with E-state index in [0.29, 0.717) is 25.2 Å². The second-order valence-electron chi connectivity index (χ2n) is 7.15. The van der Waals surface area contributed by atoms with Gasteiger partial charge >= 0.3 is 0 Å². The van der Waals surface area contributed by atoms with Gasteiger partial charge in [0.2, 0.25) is 5.91 Å². The van der Waals surface area contributed by atoms with Crippen LogP contribution in [0.3, 0.4) is 0 Å². The third kappa shape index (κ3) is 3.63. The number of para-hydroxylation sites is 1. The molecule has 28 heavy (non-hydrogen) atoms. The van der Waals surface area contributed by atoms with E-state index in [-0.39, 0.29) is 17.9 Å². The van der Waals surface area contributed by atoms with Crippen LogP contribution in [0.15, 0.2) is 54.9 Å². The van der Waals surface area contributed by atoms with E-state index in [1.54, 1.807) is 23.2 Å². The van der Waals surface area contributed by atoms with Crippen molar-refractivity contribution >= 4 is 22.7 Å². The number of fused-ring (bicyclic) bond motifs is 1. The van der Waals surface area contributed by atoms with Crippen LogP contribution in [0.25, 0.3) is 10.9 Å². The molecule has 0 bridgehead atoms. The molecule has 0 radical (unpaired) electrons. The van der Waals surface area contributed by atoms with Crippen LogP contribution >= 0.6 is 0 Å². The number of nitrogens with zero attached hydrogens (tertiary/aromatic N) is 3. The first-order valence-corrected chi connectivity index (χ1v) is 9.72. The van der Waals surface area contributed by atoms with Gasteiger partial charge in [0.25, 0.3) is 5.91 Å². The average molecular weight is 376 g/mol. The Bertz CT molecular complexity index is 996. The van der Waals surface area contributed by atoms with Gasteiger partial charge in [-0.2, -0.15) is 0 Å². The van der Waals surface area contributed by atoms with E-state index in [1.165, 1.54) is 0 Å². The molecule has 3 heterocycles. The Labute approximate surface area is 164 Å². The van der Waals surface area contributed by atoms with Gasteiger partial charge in [0.1, 0.15) is 5.69 Å². The normalized spacial score (nSPS) is 16.5. The first-order chi connectivity index (χ1) is 13.7. The number of nitrogens with one attached hydrogen (secondary N) is 1. The second kappa shape index (κ2) is 7.84. The first-order valence-electron chi connectivity index (χ1n) is 9.72. The van der Waals surface area contributed by atoms with Crippen LogP contribution in [-0.4, -0.2) is 45.4 Å². The highest BCUT2D eigenvalue weighted by Crippen LogP contribution is 2.22. The molecule has 1 aliphatic heterocycles. The Hall–Kier alpha value is -3.15. The van der Waals surface area contributed by atoms with Crippen molar-refractivity contribution in [1.82, 2.24) is 19.8 Å². The minimum absolute atomic E-state index is 0.00357. The Morgan fingerprint density at radius 1 is 1.18 bits per heavy atom.